The van der Waals surface area contributed by atoms with Gasteiger partial charge in [-0.2, -0.15) is 0 Å². The highest BCUT2D eigenvalue weighted by Crippen LogP contribution is 2.26. The molecule has 3 aromatic rings. The van der Waals surface area contributed by atoms with Crippen LogP contribution in [0.1, 0.15) is 24.2 Å². The molecule has 4 nitrogen and oxygen atoms in total. The number of pyridine rings is 2. The number of ether oxygens (including phenoxy) is 1. The Hall–Kier alpha value is -2.53. The van der Waals surface area contributed by atoms with Gasteiger partial charge in [0.05, 0.1) is 22.2 Å². The molecule has 0 radical (unpaired) electrons. The normalized spacial score (nSPS) is 10.8. The Kier molecular flexibility index (Phi) is 4.71. The fourth-order valence-electron chi connectivity index (χ4n) is 2.73. The fourth-order valence-corrected chi connectivity index (χ4v) is 3.04. The van der Waals surface area contributed by atoms with Crippen molar-refractivity contribution in [2.75, 3.05) is 6.61 Å². The van der Waals surface area contributed by atoms with Crippen LogP contribution in [0.3, 0.4) is 0 Å². The maximum Gasteiger partial charge on any atom is 0.341 e. The third kappa shape index (κ3) is 2.95. The summed E-state index contributed by atoms with van der Waals surface area (Å²) in [5.41, 5.74) is 3.63. The molecule has 0 atom stereocenters. The number of fused-ring (bicyclic) bond motifs is 1. The molecule has 0 N–H and O–H groups in total. The summed E-state index contributed by atoms with van der Waals surface area (Å²) in [6.07, 6.45) is 5.34. The molecule has 0 aliphatic heterocycles. The standard InChI is InChI=1S/C19H18N2O2S/c1-3-21-12-16(19(22)23-4-2)18(24)15-6-5-14(11-17(15)21)13-7-9-20-10-8-13/h5-12H,3-4H2,1-2H3. The molecule has 0 aliphatic carbocycles. The number of carbonyl (C=O) groups is 1. The first kappa shape index (κ1) is 16.3. The molecular formula is C19H18N2O2S. The van der Waals surface area contributed by atoms with E-state index < -0.39 is 0 Å². The van der Waals surface area contributed by atoms with E-state index in [4.69, 9.17) is 17.0 Å². The van der Waals surface area contributed by atoms with Crippen LogP contribution in [0.2, 0.25) is 0 Å². The van der Waals surface area contributed by atoms with Gasteiger partial charge in [-0.05, 0) is 43.2 Å². The Morgan fingerprint density at radius 1 is 1.17 bits per heavy atom. The lowest BCUT2D eigenvalue weighted by molar-refractivity contribution is 0.0525. The minimum absolute atomic E-state index is 0.332. The molecule has 24 heavy (non-hydrogen) atoms. The van der Waals surface area contributed by atoms with Crippen molar-refractivity contribution in [1.82, 2.24) is 9.55 Å². The lowest BCUT2D eigenvalue weighted by Gasteiger charge is -2.13. The summed E-state index contributed by atoms with van der Waals surface area (Å²) in [5, 5.41) is 0.884. The topological polar surface area (TPSA) is 44.1 Å². The maximum absolute atomic E-state index is 12.2. The molecule has 0 saturated carbocycles. The van der Waals surface area contributed by atoms with Gasteiger partial charge in [0.15, 0.2) is 0 Å². The molecule has 3 rings (SSSR count). The summed E-state index contributed by atoms with van der Waals surface area (Å²) in [7, 11) is 0. The zero-order valence-electron chi connectivity index (χ0n) is 13.7. The van der Waals surface area contributed by atoms with Crippen molar-refractivity contribution in [2.45, 2.75) is 20.4 Å². The number of benzene rings is 1. The molecular weight excluding hydrogens is 320 g/mol. The lowest BCUT2D eigenvalue weighted by Crippen LogP contribution is -2.10. The van der Waals surface area contributed by atoms with Gasteiger partial charge < -0.3 is 9.30 Å². The van der Waals surface area contributed by atoms with Gasteiger partial charge in [-0.3, -0.25) is 4.98 Å². The molecule has 1 aromatic carbocycles. The number of hydrogen-bond donors (Lipinski definition) is 0. The average Bonchev–Trinajstić information content (AvgIpc) is 2.62. The van der Waals surface area contributed by atoms with Crippen molar-refractivity contribution in [1.29, 1.82) is 0 Å². The van der Waals surface area contributed by atoms with Crippen molar-refractivity contribution in [2.24, 2.45) is 0 Å². The molecule has 0 amide bonds. The predicted molar refractivity (Wildman–Crippen MR) is 97.6 cm³/mol. The Labute approximate surface area is 145 Å². The molecule has 2 heterocycles. The van der Waals surface area contributed by atoms with Crippen molar-refractivity contribution >= 4 is 29.1 Å². The van der Waals surface area contributed by atoms with Gasteiger partial charge in [0.2, 0.25) is 0 Å². The Balaban J connectivity index is 2.22. The van der Waals surface area contributed by atoms with Crippen LogP contribution in [-0.4, -0.2) is 22.1 Å². The Morgan fingerprint density at radius 3 is 2.58 bits per heavy atom. The van der Waals surface area contributed by atoms with Crippen LogP contribution in [0.5, 0.6) is 0 Å². The highest BCUT2D eigenvalue weighted by atomic mass is 32.1. The summed E-state index contributed by atoms with van der Waals surface area (Å²) >= 11 is 5.53. The van der Waals surface area contributed by atoms with Gasteiger partial charge in [0.1, 0.15) is 0 Å². The smallest absolute Gasteiger partial charge is 0.341 e. The number of rotatable bonds is 4. The van der Waals surface area contributed by atoms with Gasteiger partial charge in [-0.25, -0.2) is 4.79 Å². The highest BCUT2D eigenvalue weighted by Gasteiger charge is 2.14. The van der Waals surface area contributed by atoms with Gasteiger partial charge >= 0.3 is 5.97 Å². The number of aromatic nitrogens is 2. The number of nitrogens with zero attached hydrogens (tertiary/aromatic N) is 2. The average molecular weight is 338 g/mol. The number of hydrogen-bond acceptors (Lipinski definition) is 4. The lowest BCUT2D eigenvalue weighted by atomic mass is 10.0. The number of carbonyl (C=O) groups excluding carboxylic acids is 1. The molecule has 0 saturated heterocycles. The third-order valence-electron chi connectivity index (χ3n) is 3.93. The quantitative estimate of drug-likeness (QED) is 0.514. The minimum Gasteiger partial charge on any atom is -0.462 e. The van der Waals surface area contributed by atoms with Crippen LogP contribution in [-0.2, 0) is 11.3 Å². The first-order chi connectivity index (χ1) is 11.7. The summed E-state index contributed by atoms with van der Waals surface area (Å²) in [6, 6.07) is 10.0. The van der Waals surface area contributed by atoms with Crippen LogP contribution < -0.4 is 0 Å². The van der Waals surface area contributed by atoms with Crippen molar-refractivity contribution in [3.63, 3.8) is 0 Å². The molecule has 0 bridgehead atoms. The van der Waals surface area contributed by atoms with Gasteiger partial charge in [0.25, 0.3) is 0 Å². The largest absolute Gasteiger partial charge is 0.462 e. The zero-order chi connectivity index (χ0) is 17.1. The van der Waals surface area contributed by atoms with E-state index in [0.29, 0.717) is 16.7 Å². The summed E-state index contributed by atoms with van der Waals surface area (Å²) in [6.45, 7) is 4.89. The molecule has 0 aliphatic rings. The van der Waals surface area contributed by atoms with Gasteiger partial charge in [-0.1, -0.05) is 24.4 Å². The Bertz CT molecular complexity index is 949. The fraction of sp³-hybridized carbons (Fsp3) is 0.211. The Morgan fingerprint density at radius 2 is 1.92 bits per heavy atom. The van der Waals surface area contributed by atoms with E-state index in [1.807, 2.05) is 35.8 Å². The van der Waals surface area contributed by atoms with E-state index in [1.54, 1.807) is 25.5 Å². The van der Waals surface area contributed by atoms with Crippen LogP contribution in [0.4, 0.5) is 0 Å². The van der Waals surface area contributed by atoms with Crippen molar-refractivity contribution in [3.05, 3.63) is 59.0 Å². The maximum atomic E-state index is 12.2. The SMILES string of the molecule is CCOC(=O)c1cn(CC)c2cc(-c3ccncc3)ccc2c1=S. The molecule has 122 valence electrons. The summed E-state index contributed by atoms with van der Waals surface area (Å²) < 4.78 is 7.69. The summed E-state index contributed by atoms with van der Waals surface area (Å²) in [5.74, 6) is -0.371. The molecule has 0 unspecified atom stereocenters. The van der Waals surface area contributed by atoms with E-state index in [0.717, 1.165) is 28.6 Å². The van der Waals surface area contributed by atoms with Crippen LogP contribution in [0.15, 0.2) is 48.9 Å². The monoisotopic (exact) mass is 338 g/mol. The number of esters is 1. The van der Waals surface area contributed by atoms with Crippen LogP contribution in [0.25, 0.3) is 22.0 Å². The summed E-state index contributed by atoms with van der Waals surface area (Å²) in [4.78, 5) is 16.2. The van der Waals surface area contributed by atoms with Crippen LogP contribution >= 0.6 is 12.2 Å². The second-order valence-electron chi connectivity index (χ2n) is 5.35. The third-order valence-corrected chi connectivity index (χ3v) is 4.37. The second kappa shape index (κ2) is 6.93. The minimum atomic E-state index is -0.371. The van der Waals surface area contributed by atoms with Gasteiger partial charge in [-0.15, -0.1) is 0 Å². The molecule has 2 aromatic heterocycles. The first-order valence-electron chi connectivity index (χ1n) is 7.90. The first-order valence-corrected chi connectivity index (χ1v) is 8.31. The zero-order valence-corrected chi connectivity index (χ0v) is 14.5. The van der Waals surface area contributed by atoms with E-state index in [-0.39, 0.29) is 5.97 Å². The highest BCUT2D eigenvalue weighted by molar-refractivity contribution is 7.71. The van der Waals surface area contributed by atoms with E-state index in [2.05, 4.69) is 11.1 Å². The predicted octanol–water partition coefficient (Wildman–Crippen LogP) is 4.63. The van der Waals surface area contributed by atoms with Crippen molar-refractivity contribution < 1.29 is 9.53 Å². The van der Waals surface area contributed by atoms with Gasteiger partial charge in [0, 0.05) is 30.5 Å². The van der Waals surface area contributed by atoms with E-state index >= 15 is 0 Å². The molecule has 0 fully saturated rings. The molecule has 5 heteroatoms. The number of aryl methyl sites for hydroxylation is 1. The second-order valence-corrected chi connectivity index (χ2v) is 5.75. The van der Waals surface area contributed by atoms with Crippen molar-refractivity contribution in [3.8, 4) is 11.1 Å². The molecule has 0 spiro atoms. The van der Waals surface area contributed by atoms with Crippen LogP contribution in [0, 0.1) is 4.51 Å². The van der Waals surface area contributed by atoms with E-state index in [1.165, 1.54) is 0 Å². The van der Waals surface area contributed by atoms with E-state index in [9.17, 15) is 4.79 Å².